The first-order valence-electron chi connectivity index (χ1n) is 8.79. The second-order valence-corrected chi connectivity index (χ2v) is 7.52. The van der Waals surface area contributed by atoms with Crippen LogP contribution < -0.4 is 10.1 Å². The van der Waals surface area contributed by atoms with Crippen LogP contribution in [0, 0.1) is 0 Å². The van der Waals surface area contributed by atoms with Gasteiger partial charge in [-0.15, -0.1) is 11.3 Å². The Morgan fingerprint density at radius 3 is 2.79 bits per heavy atom. The molecule has 4 nitrogen and oxygen atoms in total. The molecule has 1 aromatic heterocycles. The van der Waals surface area contributed by atoms with E-state index in [2.05, 4.69) is 34.3 Å². The van der Waals surface area contributed by atoms with Gasteiger partial charge in [-0.2, -0.15) is 0 Å². The molecule has 1 fully saturated rings. The van der Waals surface area contributed by atoms with E-state index in [1.54, 1.807) is 7.11 Å². The Bertz CT molecular complexity index is 635. The summed E-state index contributed by atoms with van der Waals surface area (Å²) in [5.74, 6) is 0.995. The maximum absolute atomic E-state index is 5.46. The van der Waals surface area contributed by atoms with Gasteiger partial charge in [-0.05, 0) is 38.4 Å². The number of aryl methyl sites for hydroxylation is 1. The summed E-state index contributed by atoms with van der Waals surface area (Å²) in [5, 5.41) is 4.94. The number of nitrogens with zero attached hydrogens (tertiary/aromatic N) is 2. The lowest BCUT2D eigenvalue weighted by Crippen LogP contribution is -2.41. The largest absolute Gasteiger partial charge is 0.496 e. The van der Waals surface area contributed by atoms with Crippen molar-refractivity contribution in [2.45, 2.75) is 45.3 Å². The van der Waals surface area contributed by atoms with Gasteiger partial charge in [0, 0.05) is 35.8 Å². The van der Waals surface area contributed by atoms with Crippen molar-refractivity contribution in [1.82, 2.24) is 15.2 Å². The number of ether oxygens (including phenoxy) is 1. The normalized spacial score (nSPS) is 16.4. The number of benzene rings is 1. The third kappa shape index (κ3) is 4.56. The third-order valence-electron chi connectivity index (χ3n) is 4.64. The van der Waals surface area contributed by atoms with E-state index in [1.165, 1.54) is 28.3 Å². The minimum absolute atomic E-state index is 0.617. The second-order valence-electron chi connectivity index (χ2n) is 6.32. The molecular weight excluding hydrogens is 318 g/mol. The van der Waals surface area contributed by atoms with Gasteiger partial charge < -0.3 is 10.1 Å². The average molecular weight is 346 g/mol. The molecule has 24 heavy (non-hydrogen) atoms. The lowest BCUT2D eigenvalue weighted by Gasteiger charge is -2.32. The highest BCUT2D eigenvalue weighted by molar-refractivity contribution is 7.11. The van der Waals surface area contributed by atoms with E-state index in [-0.39, 0.29) is 0 Å². The Hall–Kier alpha value is -1.43. The molecule has 0 unspecified atom stereocenters. The van der Waals surface area contributed by atoms with Crippen LogP contribution >= 0.6 is 11.3 Å². The molecule has 2 heterocycles. The van der Waals surface area contributed by atoms with E-state index in [0.717, 1.165) is 38.3 Å². The van der Waals surface area contributed by atoms with Gasteiger partial charge in [0.1, 0.15) is 5.75 Å². The van der Waals surface area contributed by atoms with Crippen LogP contribution in [0.5, 0.6) is 5.75 Å². The van der Waals surface area contributed by atoms with E-state index in [9.17, 15) is 0 Å². The number of methoxy groups -OCH3 is 1. The van der Waals surface area contributed by atoms with Crippen molar-refractivity contribution in [2.24, 2.45) is 0 Å². The molecule has 5 heteroatoms. The lowest BCUT2D eigenvalue weighted by atomic mass is 10.0. The molecule has 2 aromatic rings. The second kappa shape index (κ2) is 8.60. The SMILES string of the molecule is CCc1ncc(CNC2CCN(Cc3ccccc3OC)CC2)s1. The summed E-state index contributed by atoms with van der Waals surface area (Å²) in [5.41, 5.74) is 1.28. The maximum Gasteiger partial charge on any atom is 0.123 e. The van der Waals surface area contributed by atoms with Crippen molar-refractivity contribution in [1.29, 1.82) is 0 Å². The van der Waals surface area contributed by atoms with Gasteiger partial charge in [0.05, 0.1) is 12.1 Å². The molecule has 1 aromatic carbocycles. The standard InChI is InChI=1S/C19H27N3OS/c1-3-19-21-13-17(24-19)12-20-16-8-10-22(11-9-16)14-15-6-4-5-7-18(15)23-2/h4-7,13,16,20H,3,8-12,14H2,1-2H3. The highest BCUT2D eigenvalue weighted by Gasteiger charge is 2.19. The fourth-order valence-electron chi connectivity index (χ4n) is 3.21. The first kappa shape index (κ1) is 17.4. The van der Waals surface area contributed by atoms with Crippen molar-refractivity contribution in [2.75, 3.05) is 20.2 Å². The molecule has 0 atom stereocenters. The van der Waals surface area contributed by atoms with Gasteiger partial charge in [0.15, 0.2) is 0 Å². The van der Waals surface area contributed by atoms with Gasteiger partial charge in [0.25, 0.3) is 0 Å². The minimum atomic E-state index is 0.617. The Morgan fingerprint density at radius 1 is 1.29 bits per heavy atom. The van der Waals surface area contributed by atoms with Crippen LogP contribution in [0.4, 0.5) is 0 Å². The molecule has 1 aliphatic rings. The van der Waals surface area contributed by atoms with Gasteiger partial charge in [-0.3, -0.25) is 4.90 Å². The lowest BCUT2D eigenvalue weighted by molar-refractivity contribution is 0.188. The quantitative estimate of drug-likeness (QED) is 0.834. The van der Waals surface area contributed by atoms with Crippen molar-refractivity contribution >= 4 is 11.3 Å². The number of rotatable bonds is 7. The number of aromatic nitrogens is 1. The number of nitrogens with one attached hydrogen (secondary N) is 1. The maximum atomic E-state index is 5.46. The highest BCUT2D eigenvalue weighted by Crippen LogP contribution is 2.22. The van der Waals surface area contributed by atoms with Gasteiger partial charge in [-0.1, -0.05) is 25.1 Å². The predicted octanol–water partition coefficient (Wildman–Crippen LogP) is 3.47. The van der Waals surface area contributed by atoms with E-state index in [1.807, 2.05) is 29.7 Å². The Labute approximate surface area is 148 Å². The monoisotopic (exact) mass is 345 g/mol. The Kier molecular flexibility index (Phi) is 6.24. The summed E-state index contributed by atoms with van der Waals surface area (Å²) in [6.07, 6.45) is 5.46. The van der Waals surface area contributed by atoms with Crippen molar-refractivity contribution < 1.29 is 4.74 Å². The molecule has 1 N–H and O–H groups in total. The Morgan fingerprint density at radius 2 is 2.08 bits per heavy atom. The third-order valence-corrected chi connectivity index (χ3v) is 5.78. The zero-order valence-electron chi connectivity index (χ0n) is 14.6. The number of piperidine rings is 1. The number of hydrogen-bond donors (Lipinski definition) is 1. The first-order chi connectivity index (χ1) is 11.8. The van der Waals surface area contributed by atoms with Crippen LogP contribution in [0.1, 0.15) is 35.2 Å². The van der Waals surface area contributed by atoms with Crippen LogP contribution in [0.2, 0.25) is 0 Å². The fraction of sp³-hybridized carbons (Fsp3) is 0.526. The van der Waals surface area contributed by atoms with E-state index < -0.39 is 0 Å². The summed E-state index contributed by atoms with van der Waals surface area (Å²) in [6.45, 7) is 6.37. The van der Waals surface area contributed by atoms with Crippen LogP contribution in [0.3, 0.4) is 0 Å². The number of hydrogen-bond acceptors (Lipinski definition) is 5. The molecule has 130 valence electrons. The fourth-order valence-corrected chi connectivity index (χ4v) is 4.02. The van der Waals surface area contributed by atoms with E-state index >= 15 is 0 Å². The van der Waals surface area contributed by atoms with Gasteiger partial charge in [-0.25, -0.2) is 4.98 Å². The zero-order valence-corrected chi connectivity index (χ0v) is 15.4. The van der Waals surface area contributed by atoms with Crippen LogP contribution in [0.15, 0.2) is 30.5 Å². The smallest absolute Gasteiger partial charge is 0.123 e. The first-order valence-corrected chi connectivity index (χ1v) is 9.61. The van der Waals surface area contributed by atoms with E-state index in [4.69, 9.17) is 4.74 Å². The number of likely N-dealkylation sites (tertiary alicyclic amines) is 1. The van der Waals surface area contributed by atoms with Crippen molar-refractivity contribution in [3.05, 3.63) is 45.9 Å². The molecular formula is C19H27N3OS. The molecule has 0 aliphatic carbocycles. The molecule has 0 saturated carbocycles. The molecule has 0 amide bonds. The molecule has 1 aliphatic heterocycles. The summed E-state index contributed by atoms with van der Waals surface area (Å²) >= 11 is 1.83. The topological polar surface area (TPSA) is 37.4 Å². The average Bonchev–Trinajstić information content (AvgIpc) is 3.10. The molecule has 3 rings (SSSR count). The van der Waals surface area contributed by atoms with Crippen LogP contribution in [-0.2, 0) is 19.5 Å². The highest BCUT2D eigenvalue weighted by atomic mass is 32.1. The summed E-state index contributed by atoms with van der Waals surface area (Å²) in [4.78, 5) is 8.31. The van der Waals surface area contributed by atoms with Crippen molar-refractivity contribution in [3.63, 3.8) is 0 Å². The number of para-hydroxylation sites is 1. The molecule has 1 saturated heterocycles. The van der Waals surface area contributed by atoms with Crippen molar-refractivity contribution in [3.8, 4) is 5.75 Å². The summed E-state index contributed by atoms with van der Waals surface area (Å²) < 4.78 is 5.46. The van der Waals surface area contributed by atoms with E-state index in [0.29, 0.717) is 6.04 Å². The van der Waals surface area contributed by atoms with Gasteiger partial charge in [0.2, 0.25) is 0 Å². The zero-order chi connectivity index (χ0) is 16.8. The van der Waals surface area contributed by atoms with Crippen LogP contribution in [0.25, 0.3) is 0 Å². The molecule has 0 spiro atoms. The van der Waals surface area contributed by atoms with Gasteiger partial charge >= 0.3 is 0 Å². The summed E-state index contributed by atoms with van der Waals surface area (Å²) in [6, 6.07) is 8.95. The number of thiazole rings is 1. The minimum Gasteiger partial charge on any atom is -0.496 e. The molecule has 0 radical (unpaired) electrons. The molecule has 0 bridgehead atoms. The predicted molar refractivity (Wildman–Crippen MR) is 99.6 cm³/mol. The Balaban J connectivity index is 1.44. The van der Waals surface area contributed by atoms with Crippen LogP contribution in [-0.4, -0.2) is 36.1 Å². The summed E-state index contributed by atoms with van der Waals surface area (Å²) in [7, 11) is 1.75.